The lowest BCUT2D eigenvalue weighted by Crippen LogP contribution is -2.36. The lowest BCUT2D eigenvalue weighted by molar-refractivity contribution is 0.0935. The van der Waals surface area contributed by atoms with Crippen molar-refractivity contribution in [1.82, 2.24) is 15.5 Å². The summed E-state index contributed by atoms with van der Waals surface area (Å²) in [5.74, 6) is 0.121. The van der Waals surface area contributed by atoms with Gasteiger partial charge in [0.05, 0.1) is 11.5 Å². The van der Waals surface area contributed by atoms with Gasteiger partial charge in [-0.3, -0.25) is 4.79 Å². The zero-order chi connectivity index (χ0) is 18.0. The van der Waals surface area contributed by atoms with Crippen molar-refractivity contribution in [3.05, 3.63) is 46.6 Å². The molecule has 1 aliphatic rings. The van der Waals surface area contributed by atoms with Crippen LogP contribution in [-0.2, 0) is 9.84 Å². The third-order valence-electron chi connectivity index (χ3n) is 3.93. The number of rotatable bonds is 4. The Morgan fingerprint density at radius 1 is 1.24 bits per heavy atom. The highest BCUT2D eigenvalue weighted by Gasteiger charge is 2.29. The van der Waals surface area contributed by atoms with Gasteiger partial charge in [0.15, 0.2) is 21.3 Å². The van der Waals surface area contributed by atoms with Gasteiger partial charge < -0.3 is 10.6 Å². The third-order valence-corrected chi connectivity index (χ3v) is 5.93. The number of nitrogens with zero attached hydrogens (tertiary/aromatic N) is 2. The molecule has 1 aromatic heterocycles. The van der Waals surface area contributed by atoms with E-state index in [0.29, 0.717) is 17.3 Å². The molecule has 2 heterocycles. The maximum absolute atomic E-state index is 12.1. The van der Waals surface area contributed by atoms with Gasteiger partial charge in [-0.25, -0.2) is 8.42 Å². The molecule has 1 atom stereocenters. The molecule has 1 aliphatic heterocycles. The van der Waals surface area contributed by atoms with Crippen molar-refractivity contribution < 1.29 is 13.2 Å². The fourth-order valence-electron chi connectivity index (χ4n) is 2.56. The molecular formula is C16H17ClN4O3S. The van der Waals surface area contributed by atoms with Crippen LogP contribution in [0, 0.1) is 6.92 Å². The van der Waals surface area contributed by atoms with Crippen LogP contribution in [0.15, 0.2) is 30.3 Å². The molecule has 1 saturated heterocycles. The first-order chi connectivity index (χ1) is 11.8. The number of carbonyl (C=O) groups is 1. The molecular weight excluding hydrogens is 364 g/mol. The molecule has 132 valence electrons. The van der Waals surface area contributed by atoms with E-state index in [4.69, 9.17) is 11.6 Å². The topological polar surface area (TPSA) is 101 Å². The Bertz CT molecular complexity index is 900. The summed E-state index contributed by atoms with van der Waals surface area (Å²) in [6.45, 7) is 1.93. The summed E-state index contributed by atoms with van der Waals surface area (Å²) in [5, 5.41) is 14.3. The zero-order valence-corrected chi connectivity index (χ0v) is 15.1. The SMILES string of the molecule is Cc1ccc(Cl)cc1Nc1ccc(C(=O)NC2CCS(=O)(=O)C2)nn1. The van der Waals surface area contributed by atoms with Gasteiger partial charge in [-0.1, -0.05) is 17.7 Å². The van der Waals surface area contributed by atoms with Gasteiger partial charge in [0.25, 0.3) is 5.91 Å². The number of aromatic nitrogens is 2. The fraction of sp³-hybridized carbons (Fsp3) is 0.312. The second-order valence-electron chi connectivity index (χ2n) is 5.96. The summed E-state index contributed by atoms with van der Waals surface area (Å²) < 4.78 is 22.9. The van der Waals surface area contributed by atoms with Gasteiger partial charge in [-0.2, -0.15) is 0 Å². The molecule has 1 unspecified atom stereocenters. The molecule has 1 aromatic carbocycles. The molecule has 7 nitrogen and oxygen atoms in total. The largest absolute Gasteiger partial charge is 0.347 e. The number of hydrogen-bond donors (Lipinski definition) is 2. The molecule has 1 amide bonds. The van der Waals surface area contributed by atoms with Crippen LogP contribution in [-0.4, -0.2) is 42.1 Å². The van der Waals surface area contributed by atoms with E-state index in [0.717, 1.165) is 11.3 Å². The van der Waals surface area contributed by atoms with Gasteiger partial charge in [-0.05, 0) is 43.2 Å². The molecule has 0 bridgehead atoms. The molecule has 0 radical (unpaired) electrons. The van der Waals surface area contributed by atoms with Crippen LogP contribution < -0.4 is 10.6 Å². The molecule has 0 saturated carbocycles. The van der Waals surface area contributed by atoms with Crippen LogP contribution in [0.3, 0.4) is 0 Å². The normalized spacial score (nSPS) is 18.7. The molecule has 0 spiro atoms. The molecule has 2 aromatic rings. The first-order valence-electron chi connectivity index (χ1n) is 7.70. The van der Waals surface area contributed by atoms with Crippen LogP contribution >= 0.6 is 11.6 Å². The lowest BCUT2D eigenvalue weighted by Gasteiger charge is -2.11. The predicted octanol–water partition coefficient (Wildman–Crippen LogP) is 2.10. The highest BCUT2D eigenvalue weighted by atomic mass is 35.5. The van der Waals surface area contributed by atoms with E-state index in [1.54, 1.807) is 18.2 Å². The van der Waals surface area contributed by atoms with E-state index < -0.39 is 15.7 Å². The Balaban J connectivity index is 1.65. The minimum atomic E-state index is -3.04. The highest BCUT2D eigenvalue weighted by Crippen LogP contribution is 2.23. The Morgan fingerprint density at radius 2 is 2.04 bits per heavy atom. The third kappa shape index (κ3) is 4.46. The minimum absolute atomic E-state index is 0.0279. The van der Waals surface area contributed by atoms with Crippen LogP contribution in [0.2, 0.25) is 5.02 Å². The molecule has 1 fully saturated rings. The predicted molar refractivity (Wildman–Crippen MR) is 96.0 cm³/mol. The van der Waals surface area contributed by atoms with E-state index >= 15 is 0 Å². The zero-order valence-electron chi connectivity index (χ0n) is 13.5. The number of anilines is 2. The number of carbonyl (C=O) groups excluding carboxylic acids is 1. The molecule has 25 heavy (non-hydrogen) atoms. The van der Waals surface area contributed by atoms with Gasteiger partial charge in [0.1, 0.15) is 0 Å². The molecule has 9 heteroatoms. The van der Waals surface area contributed by atoms with Crippen molar-refractivity contribution >= 4 is 38.9 Å². The average molecular weight is 381 g/mol. The van der Waals surface area contributed by atoms with Crippen molar-refractivity contribution in [3.8, 4) is 0 Å². The van der Waals surface area contributed by atoms with Crippen molar-refractivity contribution in [3.63, 3.8) is 0 Å². The average Bonchev–Trinajstić information content (AvgIpc) is 2.90. The first kappa shape index (κ1) is 17.6. The number of aryl methyl sites for hydroxylation is 1. The summed E-state index contributed by atoms with van der Waals surface area (Å²) >= 11 is 5.98. The van der Waals surface area contributed by atoms with Gasteiger partial charge in [0, 0.05) is 16.8 Å². The van der Waals surface area contributed by atoms with Crippen molar-refractivity contribution in [1.29, 1.82) is 0 Å². The fourth-order valence-corrected chi connectivity index (χ4v) is 4.40. The lowest BCUT2D eigenvalue weighted by atomic mass is 10.2. The Morgan fingerprint density at radius 3 is 2.68 bits per heavy atom. The number of nitrogens with one attached hydrogen (secondary N) is 2. The summed E-state index contributed by atoms with van der Waals surface area (Å²) in [6, 6.07) is 8.26. The van der Waals surface area contributed by atoms with Crippen LogP contribution in [0.1, 0.15) is 22.5 Å². The summed E-state index contributed by atoms with van der Waals surface area (Å²) in [4.78, 5) is 12.1. The van der Waals surface area contributed by atoms with Gasteiger partial charge in [0.2, 0.25) is 0 Å². The van der Waals surface area contributed by atoms with E-state index in [9.17, 15) is 13.2 Å². The quantitative estimate of drug-likeness (QED) is 0.842. The number of amides is 1. The van der Waals surface area contributed by atoms with E-state index in [1.165, 1.54) is 6.07 Å². The van der Waals surface area contributed by atoms with Crippen LogP contribution in [0.25, 0.3) is 0 Å². The van der Waals surface area contributed by atoms with Crippen molar-refractivity contribution in [2.75, 3.05) is 16.8 Å². The van der Waals surface area contributed by atoms with E-state index in [1.807, 2.05) is 13.0 Å². The number of halogens is 1. The van der Waals surface area contributed by atoms with Crippen molar-refractivity contribution in [2.24, 2.45) is 0 Å². The van der Waals surface area contributed by atoms with Crippen LogP contribution in [0.4, 0.5) is 11.5 Å². The van der Waals surface area contributed by atoms with Gasteiger partial charge >= 0.3 is 0 Å². The van der Waals surface area contributed by atoms with E-state index in [-0.39, 0.29) is 23.2 Å². The molecule has 3 rings (SSSR count). The standard InChI is InChI=1S/C16H17ClN4O3S/c1-10-2-3-11(17)8-14(10)19-15-5-4-13(20-21-15)16(22)18-12-6-7-25(23,24)9-12/h2-5,8,12H,6-7,9H2,1H3,(H,18,22)(H,19,21). The smallest absolute Gasteiger partial charge is 0.272 e. The summed E-state index contributed by atoms with van der Waals surface area (Å²) in [7, 11) is -3.04. The first-order valence-corrected chi connectivity index (χ1v) is 9.90. The molecule has 0 aliphatic carbocycles. The summed E-state index contributed by atoms with van der Waals surface area (Å²) in [5.41, 5.74) is 1.93. The van der Waals surface area contributed by atoms with Gasteiger partial charge in [-0.15, -0.1) is 10.2 Å². The Kier molecular flexibility index (Phi) is 4.91. The van der Waals surface area contributed by atoms with Crippen molar-refractivity contribution in [2.45, 2.75) is 19.4 Å². The second kappa shape index (κ2) is 6.97. The summed E-state index contributed by atoms with van der Waals surface area (Å²) in [6.07, 6.45) is 0.426. The Labute approximate surface area is 150 Å². The number of hydrogen-bond acceptors (Lipinski definition) is 6. The minimum Gasteiger partial charge on any atom is -0.347 e. The van der Waals surface area contributed by atoms with Crippen LogP contribution in [0.5, 0.6) is 0 Å². The monoisotopic (exact) mass is 380 g/mol. The Hall–Kier alpha value is -2.19. The highest BCUT2D eigenvalue weighted by molar-refractivity contribution is 7.91. The molecule has 2 N–H and O–H groups in total. The number of sulfone groups is 1. The maximum atomic E-state index is 12.1. The second-order valence-corrected chi connectivity index (χ2v) is 8.63. The maximum Gasteiger partial charge on any atom is 0.272 e. The number of benzene rings is 1. The van der Waals surface area contributed by atoms with E-state index in [2.05, 4.69) is 20.8 Å².